The highest BCUT2D eigenvalue weighted by Gasteiger charge is 2.14. The van der Waals surface area contributed by atoms with Gasteiger partial charge >= 0.3 is 5.97 Å². The molecule has 1 aromatic rings. The average Bonchev–Trinajstić information content (AvgIpc) is 2.18. The monoisotopic (exact) mass is 209 g/mol. The predicted octanol–water partition coefficient (Wildman–Crippen LogP) is 0.704. The fourth-order valence-electron chi connectivity index (χ4n) is 1.02. The fraction of sp³-hybridized carbons (Fsp3) is 0.200. The maximum Gasteiger partial charge on any atom is 0.337 e. The van der Waals surface area contributed by atoms with Crippen molar-refractivity contribution in [1.82, 2.24) is 0 Å². The standard InChI is InChI=1S/C10H11NO4/c1-6(12)9(13)11-8-5-3-2-4-7(8)10(14)15/h2-6,12H,1H3,(H,11,13)(H,14,15). The van der Waals surface area contributed by atoms with Crippen molar-refractivity contribution in [3.63, 3.8) is 0 Å². The third-order valence-electron chi connectivity index (χ3n) is 1.79. The van der Waals surface area contributed by atoms with E-state index in [2.05, 4.69) is 5.32 Å². The highest BCUT2D eigenvalue weighted by molar-refractivity contribution is 6.01. The van der Waals surface area contributed by atoms with Crippen LogP contribution in [-0.2, 0) is 4.79 Å². The van der Waals surface area contributed by atoms with Gasteiger partial charge in [0.2, 0.25) is 0 Å². The van der Waals surface area contributed by atoms with Crippen LogP contribution >= 0.6 is 0 Å². The van der Waals surface area contributed by atoms with E-state index in [1.807, 2.05) is 0 Å². The van der Waals surface area contributed by atoms with Gasteiger partial charge in [-0.05, 0) is 19.1 Å². The lowest BCUT2D eigenvalue weighted by Crippen LogP contribution is -2.25. The summed E-state index contributed by atoms with van der Waals surface area (Å²) in [6.07, 6.45) is -1.17. The SMILES string of the molecule is CC(O)C(=O)Nc1ccccc1C(=O)O. The van der Waals surface area contributed by atoms with Crippen molar-refractivity contribution in [3.05, 3.63) is 29.8 Å². The Balaban J connectivity index is 2.94. The van der Waals surface area contributed by atoms with Crippen LogP contribution in [0.5, 0.6) is 0 Å². The first-order chi connectivity index (χ1) is 7.02. The second-order valence-corrected chi connectivity index (χ2v) is 3.02. The number of para-hydroxylation sites is 1. The second kappa shape index (κ2) is 4.56. The van der Waals surface area contributed by atoms with Crippen molar-refractivity contribution in [2.45, 2.75) is 13.0 Å². The summed E-state index contributed by atoms with van der Waals surface area (Å²) in [6.45, 7) is 1.30. The summed E-state index contributed by atoms with van der Waals surface area (Å²) in [4.78, 5) is 21.9. The number of benzene rings is 1. The van der Waals surface area contributed by atoms with Crippen LogP contribution in [-0.4, -0.2) is 28.2 Å². The number of anilines is 1. The molecule has 0 aliphatic rings. The van der Waals surface area contributed by atoms with Crippen LogP contribution in [0.3, 0.4) is 0 Å². The van der Waals surface area contributed by atoms with Gasteiger partial charge in [0, 0.05) is 0 Å². The summed E-state index contributed by atoms with van der Waals surface area (Å²) in [7, 11) is 0. The molecule has 1 aromatic carbocycles. The summed E-state index contributed by atoms with van der Waals surface area (Å²) in [5.74, 6) is -1.76. The Morgan fingerprint density at radius 3 is 2.47 bits per heavy atom. The van der Waals surface area contributed by atoms with E-state index in [0.29, 0.717) is 0 Å². The van der Waals surface area contributed by atoms with Gasteiger partial charge in [-0.25, -0.2) is 4.79 Å². The third kappa shape index (κ3) is 2.78. The third-order valence-corrected chi connectivity index (χ3v) is 1.79. The lowest BCUT2D eigenvalue weighted by molar-refractivity contribution is -0.123. The molecule has 0 aliphatic carbocycles. The molecule has 0 saturated heterocycles. The van der Waals surface area contributed by atoms with Gasteiger partial charge < -0.3 is 15.5 Å². The highest BCUT2D eigenvalue weighted by atomic mass is 16.4. The molecule has 5 heteroatoms. The van der Waals surface area contributed by atoms with Gasteiger partial charge in [-0.3, -0.25) is 4.79 Å². The Hall–Kier alpha value is -1.88. The summed E-state index contributed by atoms with van der Waals surface area (Å²) < 4.78 is 0. The Labute approximate surface area is 86.4 Å². The number of carbonyl (C=O) groups excluding carboxylic acids is 1. The van der Waals surface area contributed by atoms with E-state index in [9.17, 15) is 9.59 Å². The van der Waals surface area contributed by atoms with E-state index in [-0.39, 0.29) is 11.3 Å². The molecule has 0 spiro atoms. The van der Waals surface area contributed by atoms with Crippen LogP contribution in [0.15, 0.2) is 24.3 Å². The number of aromatic carboxylic acids is 1. The van der Waals surface area contributed by atoms with E-state index in [4.69, 9.17) is 10.2 Å². The van der Waals surface area contributed by atoms with Crippen molar-refractivity contribution in [3.8, 4) is 0 Å². The van der Waals surface area contributed by atoms with E-state index in [1.54, 1.807) is 12.1 Å². The molecular weight excluding hydrogens is 198 g/mol. The molecule has 0 aliphatic heterocycles. The lowest BCUT2D eigenvalue weighted by Gasteiger charge is -2.09. The molecule has 0 bridgehead atoms. The molecule has 0 aromatic heterocycles. The first-order valence-electron chi connectivity index (χ1n) is 4.33. The molecule has 0 fully saturated rings. The van der Waals surface area contributed by atoms with E-state index >= 15 is 0 Å². The van der Waals surface area contributed by atoms with Crippen LogP contribution in [0.25, 0.3) is 0 Å². The van der Waals surface area contributed by atoms with Gasteiger partial charge in [0.25, 0.3) is 5.91 Å². The zero-order valence-corrected chi connectivity index (χ0v) is 8.10. The zero-order chi connectivity index (χ0) is 11.4. The van der Waals surface area contributed by atoms with Crippen molar-refractivity contribution in [2.75, 3.05) is 5.32 Å². The quantitative estimate of drug-likeness (QED) is 0.684. The molecule has 15 heavy (non-hydrogen) atoms. The summed E-state index contributed by atoms with van der Waals surface area (Å²) >= 11 is 0. The number of rotatable bonds is 3. The van der Waals surface area contributed by atoms with Gasteiger partial charge in [0.1, 0.15) is 6.10 Å². The van der Waals surface area contributed by atoms with Crippen LogP contribution in [0.1, 0.15) is 17.3 Å². The molecule has 80 valence electrons. The summed E-state index contributed by atoms with van der Waals surface area (Å²) in [5, 5.41) is 20.1. The van der Waals surface area contributed by atoms with Crippen molar-refractivity contribution in [1.29, 1.82) is 0 Å². The van der Waals surface area contributed by atoms with Crippen LogP contribution in [0.4, 0.5) is 5.69 Å². The maximum atomic E-state index is 11.1. The Bertz CT molecular complexity index is 387. The lowest BCUT2D eigenvalue weighted by atomic mass is 10.1. The fourth-order valence-corrected chi connectivity index (χ4v) is 1.02. The molecule has 3 N–H and O–H groups in total. The van der Waals surface area contributed by atoms with Gasteiger partial charge in [-0.1, -0.05) is 12.1 Å². The molecule has 1 unspecified atom stereocenters. The topological polar surface area (TPSA) is 86.6 Å². The molecule has 1 rings (SSSR count). The molecule has 5 nitrogen and oxygen atoms in total. The van der Waals surface area contributed by atoms with Crippen molar-refractivity contribution >= 4 is 17.6 Å². The number of hydrogen-bond acceptors (Lipinski definition) is 3. The van der Waals surface area contributed by atoms with Gasteiger partial charge in [-0.15, -0.1) is 0 Å². The zero-order valence-electron chi connectivity index (χ0n) is 8.10. The largest absolute Gasteiger partial charge is 0.478 e. The van der Waals surface area contributed by atoms with Gasteiger partial charge in [0.15, 0.2) is 0 Å². The molecule has 0 heterocycles. The molecule has 1 amide bonds. The first kappa shape index (κ1) is 11.2. The number of hydrogen-bond donors (Lipinski definition) is 3. The molecular formula is C10H11NO4. The van der Waals surface area contributed by atoms with Gasteiger partial charge in [-0.2, -0.15) is 0 Å². The number of aliphatic hydroxyl groups excluding tert-OH is 1. The minimum absolute atomic E-state index is 0.00787. The number of amides is 1. The van der Waals surface area contributed by atoms with Crippen molar-refractivity contribution in [2.24, 2.45) is 0 Å². The van der Waals surface area contributed by atoms with E-state index in [0.717, 1.165) is 0 Å². The minimum atomic E-state index is -1.17. The molecule has 0 radical (unpaired) electrons. The summed E-state index contributed by atoms with van der Waals surface area (Å²) in [5.41, 5.74) is 0.169. The minimum Gasteiger partial charge on any atom is -0.478 e. The molecule has 1 atom stereocenters. The number of carbonyl (C=O) groups is 2. The Morgan fingerprint density at radius 2 is 1.93 bits per heavy atom. The smallest absolute Gasteiger partial charge is 0.337 e. The second-order valence-electron chi connectivity index (χ2n) is 3.02. The molecule has 0 saturated carbocycles. The first-order valence-corrected chi connectivity index (χ1v) is 4.33. The normalized spacial score (nSPS) is 11.9. The highest BCUT2D eigenvalue weighted by Crippen LogP contribution is 2.14. The number of carboxylic acids is 1. The predicted molar refractivity (Wildman–Crippen MR) is 53.7 cm³/mol. The maximum absolute atomic E-state index is 11.1. The number of carboxylic acid groups (broad SMARTS) is 1. The van der Waals surface area contributed by atoms with Crippen LogP contribution in [0, 0.1) is 0 Å². The van der Waals surface area contributed by atoms with Crippen molar-refractivity contribution < 1.29 is 19.8 Å². The van der Waals surface area contributed by atoms with Crippen LogP contribution < -0.4 is 5.32 Å². The van der Waals surface area contributed by atoms with E-state index < -0.39 is 18.0 Å². The Kier molecular flexibility index (Phi) is 3.41. The van der Waals surface area contributed by atoms with Crippen LogP contribution in [0.2, 0.25) is 0 Å². The van der Waals surface area contributed by atoms with Gasteiger partial charge in [0.05, 0.1) is 11.3 Å². The number of nitrogens with one attached hydrogen (secondary N) is 1. The van der Waals surface area contributed by atoms with E-state index in [1.165, 1.54) is 19.1 Å². The average molecular weight is 209 g/mol. The Morgan fingerprint density at radius 1 is 1.33 bits per heavy atom. The summed E-state index contributed by atoms with van der Waals surface area (Å²) in [6, 6.07) is 6.00. The number of aliphatic hydroxyl groups is 1.